The number of aliphatic carboxylic acids is 1. The Hall–Kier alpha value is -1.14. The van der Waals surface area contributed by atoms with Gasteiger partial charge in [0.15, 0.2) is 0 Å². The molecule has 1 aliphatic heterocycles. The van der Waals surface area contributed by atoms with Gasteiger partial charge in [-0.15, -0.1) is 0 Å². The van der Waals surface area contributed by atoms with Crippen LogP contribution >= 0.6 is 0 Å². The highest BCUT2D eigenvalue weighted by molar-refractivity contribution is 5.78. The zero-order valence-corrected chi connectivity index (χ0v) is 12.0. The van der Waals surface area contributed by atoms with Crippen molar-refractivity contribution in [3.63, 3.8) is 0 Å². The van der Waals surface area contributed by atoms with Crippen LogP contribution in [-0.4, -0.2) is 53.0 Å². The van der Waals surface area contributed by atoms with E-state index in [1.54, 1.807) is 32.6 Å². The Morgan fingerprint density at radius 3 is 2.53 bits per heavy atom. The van der Waals surface area contributed by atoms with Gasteiger partial charge in [-0.05, 0) is 40.5 Å². The third-order valence-electron chi connectivity index (χ3n) is 2.81. The van der Waals surface area contributed by atoms with E-state index >= 15 is 0 Å². The Labute approximate surface area is 113 Å². The molecule has 0 aromatic heterocycles. The summed E-state index contributed by atoms with van der Waals surface area (Å²) in [5.74, 6) is -1.45. The van der Waals surface area contributed by atoms with Crippen LogP contribution in [0.3, 0.4) is 0 Å². The second-order valence-electron chi connectivity index (χ2n) is 5.58. The van der Waals surface area contributed by atoms with Gasteiger partial charge >= 0.3 is 11.9 Å². The smallest absolute Gasteiger partial charge is 0.351 e. The minimum absolute atomic E-state index is 0.326. The molecule has 19 heavy (non-hydrogen) atoms. The lowest BCUT2D eigenvalue weighted by molar-refractivity contribution is -0.185. The van der Waals surface area contributed by atoms with Gasteiger partial charge in [0.2, 0.25) is 6.23 Å². The van der Waals surface area contributed by atoms with Gasteiger partial charge in [0, 0.05) is 13.2 Å². The third-order valence-corrected chi connectivity index (χ3v) is 2.81. The molecule has 0 aromatic rings. The van der Waals surface area contributed by atoms with E-state index in [0.29, 0.717) is 19.6 Å². The van der Waals surface area contributed by atoms with E-state index in [-0.39, 0.29) is 0 Å². The number of carboxylic acids is 1. The first kappa shape index (κ1) is 15.9. The van der Waals surface area contributed by atoms with Crippen LogP contribution < -0.4 is 0 Å². The molecule has 1 heterocycles. The number of likely N-dealkylation sites (tertiary alicyclic amines) is 1. The van der Waals surface area contributed by atoms with E-state index in [9.17, 15) is 9.59 Å². The number of rotatable bonds is 5. The highest BCUT2D eigenvalue weighted by atomic mass is 16.6. The molecule has 6 nitrogen and oxygen atoms in total. The van der Waals surface area contributed by atoms with E-state index in [1.165, 1.54) is 0 Å². The van der Waals surface area contributed by atoms with Crippen LogP contribution in [0, 0.1) is 0 Å². The summed E-state index contributed by atoms with van der Waals surface area (Å²) in [6, 6.07) is -0.677. The second-order valence-corrected chi connectivity index (χ2v) is 5.58. The standard InChI is InChI=1S/C13H23NO5/c1-5-18-10(12(17)19-13(2,3)4)14-8-6-7-9(14)11(15)16/h9-10H,5-8H2,1-4H3,(H,15,16)/t9-,10?/m0/s1. The summed E-state index contributed by atoms with van der Waals surface area (Å²) in [5, 5.41) is 9.17. The van der Waals surface area contributed by atoms with Crippen molar-refractivity contribution in [3.8, 4) is 0 Å². The molecule has 110 valence electrons. The van der Waals surface area contributed by atoms with Crippen molar-refractivity contribution in [1.82, 2.24) is 4.90 Å². The van der Waals surface area contributed by atoms with Crippen molar-refractivity contribution in [1.29, 1.82) is 0 Å². The number of carboxylic acid groups (broad SMARTS) is 1. The van der Waals surface area contributed by atoms with Crippen molar-refractivity contribution in [2.75, 3.05) is 13.2 Å². The first-order valence-corrected chi connectivity index (χ1v) is 6.59. The monoisotopic (exact) mass is 273 g/mol. The molecule has 6 heteroatoms. The fourth-order valence-corrected chi connectivity index (χ4v) is 2.14. The van der Waals surface area contributed by atoms with Gasteiger partial charge in [-0.2, -0.15) is 0 Å². The Bertz CT molecular complexity index is 336. The predicted molar refractivity (Wildman–Crippen MR) is 68.6 cm³/mol. The number of esters is 1. The minimum Gasteiger partial charge on any atom is -0.480 e. The summed E-state index contributed by atoms with van der Waals surface area (Å²) in [7, 11) is 0. The Kier molecular flexibility index (Phi) is 5.31. The Morgan fingerprint density at radius 2 is 2.05 bits per heavy atom. The van der Waals surface area contributed by atoms with Gasteiger partial charge in [0.05, 0.1) is 0 Å². The highest BCUT2D eigenvalue weighted by Crippen LogP contribution is 2.23. The molecule has 1 saturated heterocycles. The van der Waals surface area contributed by atoms with Crippen LogP contribution in [0.25, 0.3) is 0 Å². The topological polar surface area (TPSA) is 76.1 Å². The van der Waals surface area contributed by atoms with Gasteiger partial charge in [0.1, 0.15) is 11.6 Å². The SMILES string of the molecule is CCOC(C(=O)OC(C)(C)C)N1CCC[C@H]1C(=O)O. The molecule has 1 fully saturated rings. The molecule has 0 amide bonds. The molecule has 1 rings (SSSR count). The van der Waals surface area contributed by atoms with Gasteiger partial charge in [-0.3, -0.25) is 9.69 Å². The first-order chi connectivity index (χ1) is 8.76. The average molecular weight is 273 g/mol. The van der Waals surface area contributed by atoms with E-state index in [2.05, 4.69) is 0 Å². The van der Waals surface area contributed by atoms with Crippen molar-refractivity contribution in [2.24, 2.45) is 0 Å². The quantitative estimate of drug-likeness (QED) is 0.759. The van der Waals surface area contributed by atoms with Crippen molar-refractivity contribution >= 4 is 11.9 Å². The van der Waals surface area contributed by atoms with Crippen LogP contribution in [0.1, 0.15) is 40.5 Å². The average Bonchev–Trinajstić information content (AvgIpc) is 2.71. The zero-order chi connectivity index (χ0) is 14.6. The van der Waals surface area contributed by atoms with Crippen molar-refractivity contribution < 1.29 is 24.2 Å². The number of hydrogen-bond acceptors (Lipinski definition) is 5. The summed E-state index contributed by atoms with van der Waals surface area (Å²) in [6.07, 6.45) is 0.332. The summed E-state index contributed by atoms with van der Waals surface area (Å²) < 4.78 is 10.7. The fourth-order valence-electron chi connectivity index (χ4n) is 2.14. The molecule has 2 atom stereocenters. The predicted octanol–water partition coefficient (Wildman–Crippen LogP) is 1.24. The fraction of sp³-hybridized carbons (Fsp3) is 0.846. The molecule has 0 saturated carbocycles. The molecule has 1 aliphatic rings. The van der Waals surface area contributed by atoms with E-state index in [0.717, 1.165) is 6.42 Å². The van der Waals surface area contributed by atoms with E-state index in [1.807, 2.05) is 0 Å². The molecule has 0 radical (unpaired) electrons. The van der Waals surface area contributed by atoms with Crippen LogP contribution in [0.2, 0.25) is 0 Å². The molecule has 0 spiro atoms. The lowest BCUT2D eigenvalue weighted by Gasteiger charge is -2.31. The molecule has 0 aromatic carbocycles. The molecular formula is C13H23NO5. The summed E-state index contributed by atoms with van der Waals surface area (Å²) in [5.41, 5.74) is -0.620. The second kappa shape index (κ2) is 6.34. The number of ether oxygens (including phenoxy) is 2. The van der Waals surface area contributed by atoms with Gasteiger partial charge in [-0.25, -0.2) is 4.79 Å². The van der Waals surface area contributed by atoms with Gasteiger partial charge < -0.3 is 14.6 Å². The number of hydrogen-bond donors (Lipinski definition) is 1. The molecular weight excluding hydrogens is 250 g/mol. The molecule has 1 unspecified atom stereocenters. The van der Waals surface area contributed by atoms with E-state index < -0.39 is 29.8 Å². The number of nitrogens with zero attached hydrogens (tertiary/aromatic N) is 1. The maximum absolute atomic E-state index is 12.1. The molecule has 1 N–H and O–H groups in total. The lowest BCUT2D eigenvalue weighted by Crippen LogP contribution is -2.50. The Morgan fingerprint density at radius 1 is 1.42 bits per heavy atom. The van der Waals surface area contributed by atoms with Gasteiger partial charge in [-0.1, -0.05) is 0 Å². The summed E-state index contributed by atoms with van der Waals surface area (Å²) >= 11 is 0. The normalized spacial score (nSPS) is 22.2. The van der Waals surface area contributed by atoms with E-state index in [4.69, 9.17) is 14.6 Å². The third kappa shape index (κ3) is 4.47. The van der Waals surface area contributed by atoms with Crippen LogP contribution in [-0.2, 0) is 19.1 Å². The van der Waals surface area contributed by atoms with Crippen LogP contribution in [0.15, 0.2) is 0 Å². The molecule has 0 bridgehead atoms. The van der Waals surface area contributed by atoms with Crippen LogP contribution in [0.4, 0.5) is 0 Å². The van der Waals surface area contributed by atoms with Gasteiger partial charge in [0.25, 0.3) is 0 Å². The maximum Gasteiger partial charge on any atom is 0.351 e. The lowest BCUT2D eigenvalue weighted by atomic mass is 10.2. The minimum atomic E-state index is -0.937. The largest absolute Gasteiger partial charge is 0.480 e. The van der Waals surface area contributed by atoms with Crippen molar-refractivity contribution in [2.45, 2.75) is 58.4 Å². The number of carbonyl (C=O) groups is 2. The number of carbonyl (C=O) groups excluding carboxylic acids is 1. The zero-order valence-electron chi connectivity index (χ0n) is 12.0. The summed E-state index contributed by atoms with van der Waals surface area (Å²) in [4.78, 5) is 24.9. The van der Waals surface area contributed by atoms with Crippen molar-refractivity contribution in [3.05, 3.63) is 0 Å². The Balaban J connectivity index is 2.81. The first-order valence-electron chi connectivity index (χ1n) is 6.59. The highest BCUT2D eigenvalue weighted by Gasteiger charge is 2.40. The maximum atomic E-state index is 12.1. The van der Waals surface area contributed by atoms with Crippen LogP contribution in [0.5, 0.6) is 0 Å². The summed E-state index contributed by atoms with van der Waals surface area (Å²) in [6.45, 7) is 7.93. The molecule has 0 aliphatic carbocycles.